The van der Waals surface area contributed by atoms with Crippen molar-refractivity contribution in [2.75, 3.05) is 32.2 Å². The standard InChI is InChI=1S/C13H21NO2S/c1-16-13-6-4-12(5-7-13)8-10-14-9-3-11-17(2)15/h4-7,14H,3,8-11H2,1-2H3. The van der Waals surface area contributed by atoms with Gasteiger partial charge in [-0.05, 0) is 43.6 Å². The topological polar surface area (TPSA) is 38.3 Å². The van der Waals surface area contributed by atoms with Gasteiger partial charge in [-0.1, -0.05) is 12.1 Å². The number of benzene rings is 1. The molecule has 1 rings (SSSR count). The Morgan fingerprint density at radius 2 is 1.94 bits per heavy atom. The Hall–Kier alpha value is -0.870. The molecule has 0 aromatic heterocycles. The summed E-state index contributed by atoms with van der Waals surface area (Å²) in [5, 5.41) is 3.35. The number of rotatable bonds is 8. The van der Waals surface area contributed by atoms with Crippen LogP contribution < -0.4 is 10.1 Å². The first-order valence-corrected chi connectivity index (χ1v) is 7.59. The lowest BCUT2D eigenvalue weighted by Crippen LogP contribution is -2.19. The van der Waals surface area contributed by atoms with Crippen molar-refractivity contribution in [2.45, 2.75) is 12.8 Å². The highest BCUT2D eigenvalue weighted by molar-refractivity contribution is 7.84. The molecule has 0 bridgehead atoms. The lowest BCUT2D eigenvalue weighted by Gasteiger charge is -2.05. The van der Waals surface area contributed by atoms with Gasteiger partial charge in [0.15, 0.2) is 0 Å². The Bertz CT molecular complexity index is 338. The summed E-state index contributed by atoms with van der Waals surface area (Å²) in [7, 11) is 1.01. The molecule has 1 atom stereocenters. The van der Waals surface area contributed by atoms with Crippen LogP contribution in [0, 0.1) is 0 Å². The van der Waals surface area contributed by atoms with Crippen LogP contribution in [0.15, 0.2) is 24.3 Å². The van der Waals surface area contributed by atoms with E-state index in [1.54, 1.807) is 13.4 Å². The van der Waals surface area contributed by atoms with Gasteiger partial charge in [-0.15, -0.1) is 0 Å². The lowest BCUT2D eigenvalue weighted by molar-refractivity contribution is 0.414. The first-order valence-electron chi connectivity index (χ1n) is 5.86. The summed E-state index contributed by atoms with van der Waals surface area (Å²) in [4.78, 5) is 0. The Morgan fingerprint density at radius 3 is 2.53 bits per heavy atom. The van der Waals surface area contributed by atoms with Crippen molar-refractivity contribution < 1.29 is 8.95 Å². The van der Waals surface area contributed by atoms with E-state index < -0.39 is 10.8 Å². The number of nitrogens with one attached hydrogen (secondary N) is 1. The van der Waals surface area contributed by atoms with E-state index in [4.69, 9.17) is 4.74 Å². The highest BCUT2D eigenvalue weighted by atomic mass is 32.2. The van der Waals surface area contributed by atoms with Crippen molar-refractivity contribution >= 4 is 10.8 Å². The molecule has 0 aliphatic carbocycles. The molecule has 0 saturated carbocycles. The molecule has 1 N–H and O–H groups in total. The fourth-order valence-electron chi connectivity index (χ4n) is 1.55. The third-order valence-corrected chi connectivity index (χ3v) is 3.40. The van der Waals surface area contributed by atoms with Crippen LogP contribution in [0.3, 0.4) is 0 Å². The molecule has 3 nitrogen and oxygen atoms in total. The SMILES string of the molecule is COc1ccc(CCNCCCS(C)=O)cc1. The summed E-state index contributed by atoms with van der Waals surface area (Å²) in [6.45, 7) is 1.90. The first kappa shape index (κ1) is 14.2. The maximum atomic E-state index is 10.8. The van der Waals surface area contributed by atoms with Crippen LogP contribution in [0.2, 0.25) is 0 Å². The molecule has 0 amide bonds. The van der Waals surface area contributed by atoms with Gasteiger partial charge in [0, 0.05) is 22.8 Å². The molecule has 0 radical (unpaired) electrons. The molecule has 4 heteroatoms. The minimum atomic E-state index is -0.665. The summed E-state index contributed by atoms with van der Waals surface area (Å²) >= 11 is 0. The molecule has 0 spiro atoms. The lowest BCUT2D eigenvalue weighted by atomic mass is 10.1. The smallest absolute Gasteiger partial charge is 0.118 e. The molecule has 0 saturated heterocycles. The normalized spacial score (nSPS) is 12.4. The number of methoxy groups -OCH3 is 1. The van der Waals surface area contributed by atoms with Gasteiger partial charge in [0.05, 0.1) is 7.11 Å². The van der Waals surface area contributed by atoms with Crippen LogP contribution in [-0.2, 0) is 17.2 Å². The van der Waals surface area contributed by atoms with Gasteiger partial charge >= 0.3 is 0 Å². The maximum absolute atomic E-state index is 10.8. The van der Waals surface area contributed by atoms with Crippen LogP contribution in [0.4, 0.5) is 0 Å². The molecule has 1 aromatic carbocycles. The van der Waals surface area contributed by atoms with Gasteiger partial charge in [-0.25, -0.2) is 0 Å². The van der Waals surface area contributed by atoms with Gasteiger partial charge in [-0.2, -0.15) is 0 Å². The fourth-order valence-corrected chi connectivity index (χ4v) is 2.10. The zero-order chi connectivity index (χ0) is 12.5. The maximum Gasteiger partial charge on any atom is 0.118 e. The van der Waals surface area contributed by atoms with Gasteiger partial charge < -0.3 is 10.1 Å². The van der Waals surface area contributed by atoms with Crippen LogP contribution >= 0.6 is 0 Å². The van der Waals surface area contributed by atoms with E-state index >= 15 is 0 Å². The third-order valence-electron chi connectivity index (χ3n) is 2.53. The summed E-state index contributed by atoms with van der Waals surface area (Å²) in [5.41, 5.74) is 1.30. The van der Waals surface area contributed by atoms with Crippen molar-refractivity contribution in [3.8, 4) is 5.75 Å². The average molecular weight is 255 g/mol. The molecule has 1 unspecified atom stereocenters. The van der Waals surface area contributed by atoms with E-state index in [-0.39, 0.29) is 0 Å². The number of hydrogen-bond acceptors (Lipinski definition) is 3. The highest BCUT2D eigenvalue weighted by Gasteiger charge is 1.95. The average Bonchev–Trinajstić information content (AvgIpc) is 2.34. The Labute approximate surface area is 106 Å². The zero-order valence-corrected chi connectivity index (χ0v) is 11.4. The predicted molar refractivity (Wildman–Crippen MR) is 73.1 cm³/mol. The van der Waals surface area contributed by atoms with E-state index in [0.717, 1.165) is 37.4 Å². The van der Waals surface area contributed by atoms with Crippen molar-refractivity contribution in [3.63, 3.8) is 0 Å². The summed E-state index contributed by atoms with van der Waals surface area (Å²) in [6.07, 6.45) is 3.74. The number of hydrogen-bond donors (Lipinski definition) is 1. The largest absolute Gasteiger partial charge is 0.497 e. The summed E-state index contributed by atoms with van der Waals surface area (Å²) < 4.78 is 15.9. The van der Waals surface area contributed by atoms with Crippen LogP contribution in [0.5, 0.6) is 5.75 Å². The Morgan fingerprint density at radius 1 is 1.24 bits per heavy atom. The number of ether oxygens (including phenoxy) is 1. The minimum absolute atomic E-state index is 0.665. The fraction of sp³-hybridized carbons (Fsp3) is 0.538. The van der Waals surface area contributed by atoms with Gasteiger partial charge in [0.2, 0.25) is 0 Å². The Balaban J connectivity index is 2.11. The molecular weight excluding hydrogens is 234 g/mol. The van der Waals surface area contributed by atoms with Crippen LogP contribution in [0.1, 0.15) is 12.0 Å². The molecule has 0 heterocycles. The molecule has 1 aromatic rings. The quantitative estimate of drug-likeness (QED) is 0.717. The predicted octanol–water partition coefficient (Wildman–Crippen LogP) is 1.60. The minimum Gasteiger partial charge on any atom is -0.497 e. The second kappa shape index (κ2) is 8.25. The zero-order valence-electron chi connectivity index (χ0n) is 10.6. The van der Waals surface area contributed by atoms with E-state index in [1.807, 2.05) is 12.1 Å². The molecule has 0 aliphatic rings. The highest BCUT2D eigenvalue weighted by Crippen LogP contribution is 2.11. The van der Waals surface area contributed by atoms with E-state index in [0.29, 0.717) is 0 Å². The molecule has 0 aliphatic heterocycles. The Kier molecular flexibility index (Phi) is 6.89. The molecule has 96 valence electrons. The first-order chi connectivity index (χ1) is 8.22. The van der Waals surface area contributed by atoms with E-state index in [2.05, 4.69) is 17.4 Å². The van der Waals surface area contributed by atoms with Crippen molar-refractivity contribution in [1.82, 2.24) is 5.32 Å². The van der Waals surface area contributed by atoms with Gasteiger partial charge in [-0.3, -0.25) is 4.21 Å². The van der Waals surface area contributed by atoms with Crippen LogP contribution in [-0.4, -0.2) is 36.4 Å². The van der Waals surface area contributed by atoms with Crippen molar-refractivity contribution in [1.29, 1.82) is 0 Å². The van der Waals surface area contributed by atoms with Crippen LogP contribution in [0.25, 0.3) is 0 Å². The second-order valence-corrected chi connectivity index (χ2v) is 5.53. The van der Waals surface area contributed by atoms with E-state index in [9.17, 15) is 4.21 Å². The molecule has 17 heavy (non-hydrogen) atoms. The molecule has 0 fully saturated rings. The monoisotopic (exact) mass is 255 g/mol. The summed E-state index contributed by atoms with van der Waals surface area (Å²) in [6, 6.07) is 8.13. The van der Waals surface area contributed by atoms with Gasteiger partial charge in [0.25, 0.3) is 0 Å². The van der Waals surface area contributed by atoms with E-state index in [1.165, 1.54) is 5.56 Å². The van der Waals surface area contributed by atoms with Gasteiger partial charge in [0.1, 0.15) is 5.75 Å². The molecular formula is C13H21NO2S. The third kappa shape index (κ3) is 6.44. The van der Waals surface area contributed by atoms with Crippen molar-refractivity contribution in [3.05, 3.63) is 29.8 Å². The van der Waals surface area contributed by atoms with Crippen molar-refractivity contribution in [2.24, 2.45) is 0 Å². The second-order valence-electron chi connectivity index (χ2n) is 3.98. The summed E-state index contributed by atoms with van der Waals surface area (Å²) in [5.74, 6) is 1.68.